The predicted molar refractivity (Wildman–Crippen MR) is 68.8 cm³/mol. The zero-order chi connectivity index (χ0) is 14.0. The van der Waals surface area contributed by atoms with Crippen LogP contribution in [0.15, 0.2) is 45.9 Å². The lowest BCUT2D eigenvalue weighted by atomic mass is 10.3. The Hall–Kier alpha value is -1.37. The second kappa shape index (κ2) is 5.32. The molecule has 0 spiro atoms. The summed E-state index contributed by atoms with van der Waals surface area (Å²) in [7, 11) is -2.57. The molecule has 0 aliphatic carbocycles. The van der Waals surface area contributed by atoms with Gasteiger partial charge in [0.15, 0.2) is 0 Å². The standard InChI is InChI=1S/C12H11ClFNO3S/c1-15(8-10-3-2-6-18-10)19(16,17)12-5-4-9(13)7-11(12)14/h2-7H,8H2,1H3. The first-order chi connectivity index (χ1) is 8.91. The van der Waals surface area contributed by atoms with Crippen molar-refractivity contribution >= 4 is 21.6 Å². The summed E-state index contributed by atoms with van der Waals surface area (Å²) >= 11 is 5.60. The summed E-state index contributed by atoms with van der Waals surface area (Å²) in [4.78, 5) is -0.411. The fraction of sp³-hybridized carbons (Fsp3) is 0.167. The largest absolute Gasteiger partial charge is 0.468 e. The molecular formula is C12H11ClFNO3S. The SMILES string of the molecule is CN(Cc1ccco1)S(=O)(=O)c1ccc(Cl)cc1F. The van der Waals surface area contributed by atoms with E-state index in [-0.39, 0.29) is 11.6 Å². The van der Waals surface area contributed by atoms with Crippen LogP contribution in [0.1, 0.15) is 5.76 Å². The summed E-state index contributed by atoms with van der Waals surface area (Å²) in [6, 6.07) is 6.74. The Bertz CT molecular complexity index is 670. The van der Waals surface area contributed by atoms with Gasteiger partial charge in [0, 0.05) is 12.1 Å². The maximum Gasteiger partial charge on any atom is 0.246 e. The van der Waals surface area contributed by atoms with Crippen molar-refractivity contribution in [1.82, 2.24) is 4.31 Å². The lowest BCUT2D eigenvalue weighted by molar-refractivity contribution is 0.404. The molecule has 102 valence electrons. The average molecular weight is 304 g/mol. The average Bonchev–Trinajstić information content (AvgIpc) is 2.81. The third-order valence-electron chi connectivity index (χ3n) is 2.54. The molecule has 2 aromatic rings. The van der Waals surface area contributed by atoms with E-state index >= 15 is 0 Å². The topological polar surface area (TPSA) is 50.5 Å². The Morgan fingerprint density at radius 2 is 2.11 bits per heavy atom. The van der Waals surface area contributed by atoms with Gasteiger partial charge in [-0.05, 0) is 30.3 Å². The summed E-state index contributed by atoms with van der Waals surface area (Å²) in [6.45, 7) is 0.0252. The van der Waals surface area contributed by atoms with Gasteiger partial charge >= 0.3 is 0 Å². The highest BCUT2D eigenvalue weighted by molar-refractivity contribution is 7.89. The Kier molecular flexibility index (Phi) is 3.93. The van der Waals surface area contributed by atoms with Crippen LogP contribution in [0.5, 0.6) is 0 Å². The van der Waals surface area contributed by atoms with E-state index in [0.29, 0.717) is 5.76 Å². The van der Waals surface area contributed by atoms with Gasteiger partial charge in [-0.15, -0.1) is 0 Å². The lowest BCUT2D eigenvalue weighted by Gasteiger charge is -2.16. The molecule has 1 heterocycles. The van der Waals surface area contributed by atoms with Crippen molar-refractivity contribution in [2.75, 3.05) is 7.05 Å². The fourth-order valence-electron chi connectivity index (χ4n) is 1.56. The van der Waals surface area contributed by atoms with E-state index in [1.807, 2.05) is 0 Å². The molecule has 0 unspecified atom stereocenters. The first-order valence-corrected chi connectivity index (χ1v) is 7.17. The molecule has 0 aliphatic rings. The third kappa shape index (κ3) is 2.97. The molecule has 0 N–H and O–H groups in total. The van der Waals surface area contributed by atoms with E-state index in [1.54, 1.807) is 12.1 Å². The molecule has 0 amide bonds. The minimum atomic E-state index is -3.92. The van der Waals surface area contributed by atoms with E-state index in [0.717, 1.165) is 16.4 Å². The van der Waals surface area contributed by atoms with Crippen molar-refractivity contribution in [2.24, 2.45) is 0 Å². The minimum Gasteiger partial charge on any atom is -0.468 e. The summed E-state index contributed by atoms with van der Waals surface area (Å²) in [5.74, 6) is -0.403. The summed E-state index contributed by atoms with van der Waals surface area (Å²) in [5.41, 5.74) is 0. The van der Waals surface area contributed by atoms with Crippen LogP contribution in [-0.4, -0.2) is 19.8 Å². The van der Waals surface area contributed by atoms with Crippen LogP contribution >= 0.6 is 11.6 Å². The normalized spacial score (nSPS) is 12.0. The van der Waals surface area contributed by atoms with Gasteiger partial charge in [-0.3, -0.25) is 0 Å². The highest BCUT2D eigenvalue weighted by Crippen LogP contribution is 2.22. The van der Waals surface area contributed by atoms with Gasteiger partial charge in [0.25, 0.3) is 0 Å². The monoisotopic (exact) mass is 303 g/mol. The van der Waals surface area contributed by atoms with Gasteiger partial charge in [-0.25, -0.2) is 12.8 Å². The van der Waals surface area contributed by atoms with E-state index in [4.69, 9.17) is 16.0 Å². The zero-order valence-electron chi connectivity index (χ0n) is 10.0. The Morgan fingerprint density at radius 3 is 2.68 bits per heavy atom. The number of hydrogen-bond donors (Lipinski definition) is 0. The van der Waals surface area contributed by atoms with Crippen molar-refractivity contribution in [3.63, 3.8) is 0 Å². The number of furan rings is 1. The molecule has 0 saturated heterocycles. The molecule has 0 atom stereocenters. The molecule has 0 aliphatic heterocycles. The van der Waals surface area contributed by atoms with E-state index in [2.05, 4.69) is 0 Å². The molecule has 19 heavy (non-hydrogen) atoms. The maximum absolute atomic E-state index is 13.7. The highest BCUT2D eigenvalue weighted by atomic mass is 35.5. The van der Waals surface area contributed by atoms with Crippen LogP contribution in [0, 0.1) is 5.82 Å². The first kappa shape index (κ1) is 14.0. The molecular weight excluding hydrogens is 293 g/mol. The van der Waals surface area contributed by atoms with E-state index < -0.39 is 20.7 Å². The van der Waals surface area contributed by atoms with Gasteiger partial charge in [-0.2, -0.15) is 4.31 Å². The molecule has 0 fully saturated rings. The quantitative estimate of drug-likeness (QED) is 0.872. The number of sulfonamides is 1. The Labute approximate surface area is 115 Å². The molecule has 4 nitrogen and oxygen atoms in total. The number of halogens is 2. The molecule has 1 aromatic carbocycles. The summed E-state index contributed by atoms with van der Waals surface area (Å²) in [6.07, 6.45) is 1.44. The van der Waals surface area contributed by atoms with Gasteiger partial charge in [0.1, 0.15) is 16.5 Å². The Balaban J connectivity index is 2.31. The van der Waals surface area contributed by atoms with Gasteiger partial charge < -0.3 is 4.42 Å². The fourth-order valence-corrected chi connectivity index (χ4v) is 2.90. The number of rotatable bonds is 4. The van der Waals surface area contributed by atoms with Gasteiger partial charge in [-0.1, -0.05) is 11.6 Å². The van der Waals surface area contributed by atoms with Crippen LogP contribution in [0.2, 0.25) is 5.02 Å². The molecule has 0 saturated carbocycles. The zero-order valence-corrected chi connectivity index (χ0v) is 11.6. The first-order valence-electron chi connectivity index (χ1n) is 5.35. The lowest BCUT2D eigenvalue weighted by Crippen LogP contribution is -2.27. The second-order valence-corrected chi connectivity index (χ2v) is 6.36. The third-order valence-corrected chi connectivity index (χ3v) is 4.61. The van der Waals surface area contributed by atoms with E-state index in [1.165, 1.54) is 19.4 Å². The molecule has 0 bridgehead atoms. The second-order valence-electron chi connectivity index (χ2n) is 3.92. The number of hydrogen-bond acceptors (Lipinski definition) is 3. The minimum absolute atomic E-state index is 0.0252. The van der Waals surface area contributed by atoms with Crippen molar-refractivity contribution in [2.45, 2.75) is 11.4 Å². The predicted octanol–water partition coefficient (Wildman–Crippen LogP) is 2.89. The summed E-state index contributed by atoms with van der Waals surface area (Å²) < 4.78 is 44.1. The van der Waals surface area contributed by atoms with Crippen LogP contribution in [-0.2, 0) is 16.6 Å². The smallest absolute Gasteiger partial charge is 0.246 e. The van der Waals surface area contributed by atoms with Crippen molar-refractivity contribution in [3.05, 3.63) is 53.2 Å². The van der Waals surface area contributed by atoms with E-state index in [9.17, 15) is 12.8 Å². The van der Waals surface area contributed by atoms with Crippen LogP contribution < -0.4 is 0 Å². The van der Waals surface area contributed by atoms with Crippen LogP contribution in [0.3, 0.4) is 0 Å². The molecule has 1 aromatic heterocycles. The molecule has 0 radical (unpaired) electrons. The van der Waals surface area contributed by atoms with Crippen molar-refractivity contribution in [3.8, 4) is 0 Å². The molecule has 7 heteroatoms. The summed E-state index contributed by atoms with van der Waals surface area (Å²) in [5, 5.41) is 0.144. The molecule has 2 rings (SSSR count). The Morgan fingerprint density at radius 1 is 1.37 bits per heavy atom. The van der Waals surface area contributed by atoms with Gasteiger partial charge in [0.2, 0.25) is 10.0 Å². The van der Waals surface area contributed by atoms with Crippen molar-refractivity contribution < 1.29 is 17.2 Å². The number of benzene rings is 1. The highest BCUT2D eigenvalue weighted by Gasteiger charge is 2.25. The van der Waals surface area contributed by atoms with Crippen molar-refractivity contribution in [1.29, 1.82) is 0 Å². The van der Waals surface area contributed by atoms with Gasteiger partial charge in [0.05, 0.1) is 12.8 Å². The van der Waals surface area contributed by atoms with Crippen LogP contribution in [0.25, 0.3) is 0 Å². The van der Waals surface area contributed by atoms with Crippen LogP contribution in [0.4, 0.5) is 4.39 Å². The number of nitrogens with zero attached hydrogens (tertiary/aromatic N) is 1. The maximum atomic E-state index is 13.7.